The predicted octanol–water partition coefficient (Wildman–Crippen LogP) is 4.61. The number of benzene rings is 1. The first-order valence-corrected chi connectivity index (χ1v) is 11.5. The Morgan fingerprint density at radius 3 is 2.76 bits per heavy atom. The van der Waals surface area contributed by atoms with Gasteiger partial charge < -0.3 is 4.90 Å². The molecule has 5 rings (SSSR count). The standard InChI is InChI=1S/C26H28N6O/c1-19(2)25-27-14-17-32(25)24-12-5-10-22(29-24)23-11-6-16-31(23)26(33)21-9-4-3-8-20(21)18-30-15-7-13-28-30/h3-5,7-10,12-15,17,19,23H,6,11,16,18H2,1-2H3. The first-order valence-electron chi connectivity index (χ1n) is 11.5. The molecule has 168 valence electrons. The van der Waals surface area contributed by atoms with E-state index in [9.17, 15) is 4.79 Å². The molecule has 7 nitrogen and oxygen atoms in total. The Kier molecular flexibility index (Phi) is 5.77. The van der Waals surface area contributed by atoms with Crippen LogP contribution in [0.3, 0.4) is 0 Å². The predicted molar refractivity (Wildman–Crippen MR) is 126 cm³/mol. The number of amides is 1. The van der Waals surface area contributed by atoms with Crippen LogP contribution in [0.25, 0.3) is 5.82 Å². The minimum Gasteiger partial charge on any atom is -0.330 e. The molecule has 1 aliphatic rings. The van der Waals surface area contributed by atoms with Gasteiger partial charge >= 0.3 is 0 Å². The number of likely N-dealkylation sites (tertiary alicyclic amines) is 1. The second kappa shape index (κ2) is 9.02. The lowest BCUT2D eigenvalue weighted by Crippen LogP contribution is -2.32. The Labute approximate surface area is 193 Å². The molecule has 4 heterocycles. The fourth-order valence-electron chi connectivity index (χ4n) is 4.60. The molecule has 1 saturated heterocycles. The van der Waals surface area contributed by atoms with Crippen LogP contribution in [0.2, 0.25) is 0 Å². The summed E-state index contributed by atoms with van der Waals surface area (Å²) in [5.41, 5.74) is 2.62. The van der Waals surface area contributed by atoms with Gasteiger partial charge in [0.25, 0.3) is 5.91 Å². The van der Waals surface area contributed by atoms with E-state index in [1.807, 2.05) is 81.3 Å². The summed E-state index contributed by atoms with van der Waals surface area (Å²) in [6, 6.07) is 15.7. The van der Waals surface area contributed by atoms with Gasteiger partial charge in [0.05, 0.1) is 18.3 Å². The molecule has 1 amide bonds. The van der Waals surface area contributed by atoms with Crippen LogP contribution >= 0.6 is 0 Å². The van der Waals surface area contributed by atoms with E-state index < -0.39 is 0 Å². The van der Waals surface area contributed by atoms with Crippen molar-refractivity contribution < 1.29 is 4.79 Å². The van der Waals surface area contributed by atoms with Gasteiger partial charge in [-0.1, -0.05) is 38.1 Å². The van der Waals surface area contributed by atoms with Crippen molar-refractivity contribution in [1.29, 1.82) is 0 Å². The van der Waals surface area contributed by atoms with E-state index in [0.717, 1.165) is 47.8 Å². The molecular formula is C26H28N6O. The Morgan fingerprint density at radius 2 is 1.94 bits per heavy atom. The smallest absolute Gasteiger partial charge is 0.254 e. The number of hydrogen-bond acceptors (Lipinski definition) is 4. The maximum absolute atomic E-state index is 13.7. The normalized spacial score (nSPS) is 16.0. The quantitative estimate of drug-likeness (QED) is 0.439. The van der Waals surface area contributed by atoms with Crippen LogP contribution in [0, 0.1) is 0 Å². The molecule has 7 heteroatoms. The summed E-state index contributed by atoms with van der Waals surface area (Å²) in [5, 5.41) is 4.30. The third kappa shape index (κ3) is 4.18. The Balaban J connectivity index is 1.44. The van der Waals surface area contributed by atoms with Crippen molar-refractivity contribution in [2.45, 2.75) is 45.2 Å². The number of rotatable bonds is 6. The van der Waals surface area contributed by atoms with Gasteiger partial charge in [-0.15, -0.1) is 0 Å². The topological polar surface area (TPSA) is 68.8 Å². The number of hydrogen-bond donors (Lipinski definition) is 0. The van der Waals surface area contributed by atoms with Gasteiger partial charge in [-0.05, 0) is 42.7 Å². The zero-order valence-electron chi connectivity index (χ0n) is 19.0. The highest BCUT2D eigenvalue weighted by atomic mass is 16.2. The lowest BCUT2D eigenvalue weighted by atomic mass is 10.0. The highest BCUT2D eigenvalue weighted by molar-refractivity contribution is 5.96. The molecule has 3 aromatic heterocycles. The third-order valence-electron chi connectivity index (χ3n) is 6.18. The number of carbonyl (C=O) groups excluding carboxylic acids is 1. The van der Waals surface area contributed by atoms with Crippen molar-refractivity contribution in [3.05, 3.63) is 96.0 Å². The second-order valence-corrected chi connectivity index (χ2v) is 8.75. The number of aromatic nitrogens is 5. The zero-order valence-corrected chi connectivity index (χ0v) is 19.0. The average Bonchev–Trinajstić information content (AvgIpc) is 3.61. The maximum atomic E-state index is 13.7. The zero-order chi connectivity index (χ0) is 22.8. The summed E-state index contributed by atoms with van der Waals surface area (Å²) in [5.74, 6) is 2.16. The van der Waals surface area contributed by atoms with Gasteiger partial charge in [0.2, 0.25) is 0 Å². The van der Waals surface area contributed by atoms with Crippen LogP contribution in [0.4, 0.5) is 0 Å². The molecule has 0 N–H and O–H groups in total. The van der Waals surface area contributed by atoms with Crippen LogP contribution in [-0.2, 0) is 6.54 Å². The largest absolute Gasteiger partial charge is 0.330 e. The van der Waals surface area contributed by atoms with E-state index in [2.05, 4.69) is 23.9 Å². The van der Waals surface area contributed by atoms with E-state index in [-0.39, 0.29) is 11.9 Å². The monoisotopic (exact) mass is 440 g/mol. The van der Waals surface area contributed by atoms with Crippen LogP contribution < -0.4 is 0 Å². The highest BCUT2D eigenvalue weighted by Crippen LogP contribution is 2.33. The molecule has 4 aromatic rings. The van der Waals surface area contributed by atoms with Gasteiger partial charge in [0, 0.05) is 42.8 Å². The summed E-state index contributed by atoms with van der Waals surface area (Å²) >= 11 is 0. The Morgan fingerprint density at radius 1 is 1.06 bits per heavy atom. The fraction of sp³-hybridized carbons (Fsp3) is 0.308. The van der Waals surface area contributed by atoms with Crippen molar-refractivity contribution >= 4 is 5.91 Å². The van der Waals surface area contributed by atoms with Crippen LogP contribution in [0.5, 0.6) is 0 Å². The Bertz CT molecular complexity index is 1240. The van der Waals surface area contributed by atoms with Crippen molar-refractivity contribution in [2.75, 3.05) is 6.54 Å². The van der Waals surface area contributed by atoms with E-state index in [1.54, 1.807) is 6.20 Å². The fourth-order valence-corrected chi connectivity index (χ4v) is 4.60. The minimum absolute atomic E-state index is 0.0405. The molecule has 0 spiro atoms. The molecular weight excluding hydrogens is 412 g/mol. The molecule has 0 aliphatic carbocycles. The minimum atomic E-state index is -0.0405. The molecule has 1 unspecified atom stereocenters. The number of carbonyl (C=O) groups is 1. The number of pyridine rings is 1. The van der Waals surface area contributed by atoms with E-state index in [1.165, 1.54) is 0 Å². The van der Waals surface area contributed by atoms with Gasteiger partial charge in [0.1, 0.15) is 11.6 Å². The van der Waals surface area contributed by atoms with Crippen LogP contribution in [0.1, 0.15) is 66.1 Å². The SMILES string of the molecule is CC(C)c1nccn1-c1cccc(C2CCCN2C(=O)c2ccccc2Cn2cccn2)n1. The van der Waals surface area contributed by atoms with Crippen LogP contribution in [0.15, 0.2) is 73.3 Å². The molecule has 0 radical (unpaired) electrons. The van der Waals surface area contributed by atoms with Crippen molar-refractivity contribution in [3.63, 3.8) is 0 Å². The molecule has 1 fully saturated rings. The molecule has 1 atom stereocenters. The van der Waals surface area contributed by atoms with Crippen molar-refractivity contribution in [1.82, 2.24) is 29.2 Å². The summed E-state index contributed by atoms with van der Waals surface area (Å²) < 4.78 is 3.88. The van der Waals surface area contributed by atoms with Crippen molar-refractivity contribution in [2.24, 2.45) is 0 Å². The van der Waals surface area contributed by atoms with E-state index >= 15 is 0 Å². The van der Waals surface area contributed by atoms with Gasteiger partial charge in [0.15, 0.2) is 0 Å². The molecule has 33 heavy (non-hydrogen) atoms. The second-order valence-electron chi connectivity index (χ2n) is 8.75. The first-order chi connectivity index (χ1) is 16.1. The average molecular weight is 441 g/mol. The van der Waals surface area contributed by atoms with Gasteiger partial charge in [-0.2, -0.15) is 5.10 Å². The van der Waals surface area contributed by atoms with Crippen LogP contribution in [-0.4, -0.2) is 41.7 Å². The number of nitrogens with zero attached hydrogens (tertiary/aromatic N) is 6. The maximum Gasteiger partial charge on any atom is 0.254 e. The Hall–Kier alpha value is -3.74. The summed E-state index contributed by atoms with van der Waals surface area (Å²) in [7, 11) is 0. The van der Waals surface area contributed by atoms with Gasteiger partial charge in [-0.3, -0.25) is 14.0 Å². The molecule has 0 saturated carbocycles. The van der Waals surface area contributed by atoms with E-state index in [4.69, 9.17) is 4.98 Å². The lowest BCUT2D eigenvalue weighted by molar-refractivity contribution is 0.0731. The van der Waals surface area contributed by atoms with Crippen molar-refractivity contribution in [3.8, 4) is 5.82 Å². The summed E-state index contributed by atoms with van der Waals surface area (Å²) in [6.45, 7) is 5.55. The lowest BCUT2D eigenvalue weighted by Gasteiger charge is -2.26. The molecule has 1 aromatic carbocycles. The number of imidazole rings is 1. The summed E-state index contributed by atoms with van der Waals surface area (Å²) in [6.07, 6.45) is 9.30. The van der Waals surface area contributed by atoms with E-state index in [0.29, 0.717) is 12.5 Å². The van der Waals surface area contributed by atoms with Gasteiger partial charge in [-0.25, -0.2) is 9.97 Å². The molecule has 0 bridgehead atoms. The first kappa shape index (κ1) is 21.1. The highest BCUT2D eigenvalue weighted by Gasteiger charge is 2.32. The molecule has 1 aliphatic heterocycles. The summed E-state index contributed by atoms with van der Waals surface area (Å²) in [4.78, 5) is 25.1. The third-order valence-corrected chi connectivity index (χ3v) is 6.18.